The summed E-state index contributed by atoms with van der Waals surface area (Å²) in [5.41, 5.74) is 0. The van der Waals surface area contributed by atoms with E-state index in [0.29, 0.717) is 11.8 Å². The molecule has 0 unspecified atom stereocenters. The van der Waals surface area contributed by atoms with Crippen LogP contribution in [0.25, 0.3) is 0 Å². The number of amides is 1. The Kier molecular flexibility index (Phi) is 5.89. The lowest BCUT2D eigenvalue weighted by molar-refractivity contribution is -0.140. The van der Waals surface area contributed by atoms with E-state index in [4.69, 9.17) is 10.2 Å². The van der Waals surface area contributed by atoms with Gasteiger partial charge < -0.3 is 15.5 Å². The van der Waals surface area contributed by atoms with Gasteiger partial charge in [0.05, 0.1) is 0 Å². The molecule has 6 nitrogen and oxygen atoms in total. The van der Waals surface area contributed by atoms with Crippen molar-refractivity contribution in [1.82, 2.24) is 5.32 Å². The Labute approximate surface area is 84.7 Å². The molecule has 0 radical (unpaired) electrons. The molecule has 3 N–H and O–H groups in total. The number of aliphatic hydroxyl groups is 1. The molecule has 1 amide bonds. The minimum atomic E-state index is -1.21. The topological polar surface area (TPSA) is 104 Å². The third-order valence-electron chi connectivity index (χ3n) is 1.22. The van der Waals surface area contributed by atoms with E-state index in [0.717, 1.165) is 0 Å². The number of hydrogen-bond donors (Lipinski definition) is 3. The minimum Gasteiger partial charge on any atom is -0.480 e. The Morgan fingerprint density at radius 3 is 2.36 bits per heavy atom. The highest BCUT2D eigenvalue weighted by Gasteiger charge is 2.19. The summed E-state index contributed by atoms with van der Waals surface area (Å²) in [6, 6.07) is -1.10. The van der Waals surface area contributed by atoms with Crippen molar-refractivity contribution in [2.24, 2.45) is 0 Å². The average Bonchev–Trinajstić information content (AvgIpc) is 2.10. The highest BCUT2D eigenvalue weighted by molar-refractivity contribution is 8.13. The molecule has 0 aromatic rings. The second-order valence-electron chi connectivity index (χ2n) is 2.43. The number of thioether (sulfide) groups is 1. The van der Waals surface area contributed by atoms with Crippen LogP contribution in [0.15, 0.2) is 0 Å². The fourth-order valence-corrected chi connectivity index (χ4v) is 1.31. The van der Waals surface area contributed by atoms with Crippen molar-refractivity contribution in [1.29, 1.82) is 0 Å². The van der Waals surface area contributed by atoms with E-state index in [1.807, 2.05) is 0 Å². The normalized spacial score (nSPS) is 11.9. The molecular weight excluding hydrogens is 210 g/mol. The number of carbonyl (C=O) groups is 3. The number of carboxylic acid groups (broad SMARTS) is 1. The van der Waals surface area contributed by atoms with Crippen LogP contribution in [0.2, 0.25) is 0 Å². The van der Waals surface area contributed by atoms with Gasteiger partial charge in [0.2, 0.25) is 11.0 Å². The van der Waals surface area contributed by atoms with Crippen LogP contribution in [-0.4, -0.2) is 45.6 Å². The molecule has 0 aromatic carbocycles. The third kappa shape index (κ3) is 5.55. The Balaban J connectivity index is 4.04. The first kappa shape index (κ1) is 12.9. The van der Waals surface area contributed by atoms with E-state index in [1.165, 1.54) is 6.92 Å². The van der Waals surface area contributed by atoms with E-state index >= 15 is 0 Å². The summed E-state index contributed by atoms with van der Waals surface area (Å²) >= 11 is 0.670. The Morgan fingerprint density at radius 2 is 2.00 bits per heavy atom. The number of hydrogen-bond acceptors (Lipinski definition) is 5. The molecule has 0 rings (SSSR count). The third-order valence-corrected chi connectivity index (χ3v) is 2.17. The van der Waals surface area contributed by atoms with Crippen LogP contribution in [0.5, 0.6) is 0 Å². The van der Waals surface area contributed by atoms with Gasteiger partial charge >= 0.3 is 5.97 Å². The van der Waals surface area contributed by atoms with Crippen LogP contribution >= 0.6 is 11.8 Å². The molecule has 0 saturated carbocycles. The first-order valence-corrected chi connectivity index (χ1v) is 4.72. The average molecular weight is 221 g/mol. The lowest BCUT2D eigenvalue weighted by Crippen LogP contribution is -2.41. The highest BCUT2D eigenvalue weighted by atomic mass is 32.2. The fourth-order valence-electron chi connectivity index (χ4n) is 0.642. The Morgan fingerprint density at radius 1 is 1.43 bits per heavy atom. The number of aliphatic carboxylic acids is 1. The van der Waals surface area contributed by atoms with Gasteiger partial charge in [0.25, 0.3) is 0 Å². The van der Waals surface area contributed by atoms with Crippen LogP contribution in [0.1, 0.15) is 6.92 Å². The van der Waals surface area contributed by atoms with Gasteiger partial charge in [-0.2, -0.15) is 0 Å². The monoisotopic (exact) mass is 221 g/mol. The molecule has 0 aliphatic heterocycles. The summed E-state index contributed by atoms with van der Waals surface area (Å²) in [5.74, 6) is -1.78. The molecule has 0 saturated heterocycles. The predicted molar refractivity (Wildman–Crippen MR) is 49.8 cm³/mol. The molecule has 0 spiro atoms. The molecular formula is C7H11NO5S. The zero-order valence-corrected chi connectivity index (χ0v) is 8.34. The van der Waals surface area contributed by atoms with E-state index in [9.17, 15) is 14.4 Å². The largest absolute Gasteiger partial charge is 0.480 e. The van der Waals surface area contributed by atoms with Gasteiger partial charge in [0.15, 0.2) is 0 Å². The van der Waals surface area contributed by atoms with Crippen LogP contribution in [0, 0.1) is 0 Å². The van der Waals surface area contributed by atoms with Gasteiger partial charge in [-0.15, -0.1) is 0 Å². The van der Waals surface area contributed by atoms with Crippen LogP contribution < -0.4 is 5.32 Å². The Bertz CT molecular complexity index is 242. The zero-order chi connectivity index (χ0) is 11.1. The predicted octanol–water partition coefficient (Wildman–Crippen LogP) is -1.17. The van der Waals surface area contributed by atoms with Crippen molar-refractivity contribution in [3.8, 4) is 0 Å². The Hall–Kier alpha value is -1.08. The maximum atomic E-state index is 10.6. The molecule has 0 aromatic heterocycles. The van der Waals surface area contributed by atoms with Gasteiger partial charge in [-0.25, -0.2) is 4.79 Å². The molecule has 0 aliphatic carbocycles. The van der Waals surface area contributed by atoms with Crippen LogP contribution in [0.4, 0.5) is 0 Å². The van der Waals surface area contributed by atoms with Crippen molar-refractivity contribution in [3.63, 3.8) is 0 Å². The van der Waals surface area contributed by atoms with Crippen LogP contribution in [-0.2, 0) is 14.4 Å². The summed E-state index contributed by atoms with van der Waals surface area (Å²) in [4.78, 5) is 31.7. The number of rotatable bonds is 5. The first-order valence-electron chi connectivity index (χ1n) is 3.73. The molecule has 0 aliphatic rings. The summed E-state index contributed by atoms with van der Waals surface area (Å²) in [7, 11) is 0. The van der Waals surface area contributed by atoms with E-state index in [2.05, 4.69) is 5.32 Å². The first-order chi connectivity index (χ1) is 6.47. The van der Waals surface area contributed by atoms with E-state index in [1.54, 1.807) is 0 Å². The molecule has 0 fully saturated rings. The SMILES string of the molecule is CC(=O)N[C@@H](CSC(=O)CO)C(=O)O. The van der Waals surface area contributed by atoms with Crippen molar-refractivity contribution >= 4 is 28.8 Å². The highest BCUT2D eigenvalue weighted by Crippen LogP contribution is 2.04. The van der Waals surface area contributed by atoms with Crippen molar-refractivity contribution in [3.05, 3.63) is 0 Å². The van der Waals surface area contributed by atoms with Gasteiger partial charge in [0, 0.05) is 12.7 Å². The quantitative estimate of drug-likeness (QED) is 0.540. The van der Waals surface area contributed by atoms with Gasteiger partial charge in [-0.3, -0.25) is 9.59 Å². The van der Waals surface area contributed by atoms with Crippen LogP contribution in [0.3, 0.4) is 0 Å². The summed E-state index contributed by atoms with van der Waals surface area (Å²) in [6.07, 6.45) is 0. The molecule has 1 atom stereocenters. The van der Waals surface area contributed by atoms with E-state index < -0.39 is 29.6 Å². The standard InChI is InChI=1S/C7H11NO5S/c1-4(10)8-5(7(12)13)3-14-6(11)2-9/h5,9H,2-3H2,1H3,(H,8,10)(H,12,13)/t5-/m0/s1. The summed E-state index contributed by atoms with van der Waals surface area (Å²) in [6.45, 7) is 0.547. The molecule has 80 valence electrons. The maximum absolute atomic E-state index is 10.6. The number of aliphatic hydroxyl groups excluding tert-OH is 1. The molecule has 7 heteroatoms. The van der Waals surface area contributed by atoms with Crippen molar-refractivity contribution in [2.75, 3.05) is 12.4 Å². The number of carbonyl (C=O) groups excluding carboxylic acids is 2. The second kappa shape index (κ2) is 6.39. The number of nitrogens with one attached hydrogen (secondary N) is 1. The van der Waals surface area contributed by atoms with Gasteiger partial charge in [-0.05, 0) is 0 Å². The lowest BCUT2D eigenvalue weighted by Gasteiger charge is -2.11. The molecule has 0 heterocycles. The maximum Gasteiger partial charge on any atom is 0.327 e. The summed E-state index contributed by atoms with van der Waals surface area (Å²) < 4.78 is 0. The number of carboxylic acids is 1. The molecule has 14 heavy (non-hydrogen) atoms. The van der Waals surface area contributed by atoms with Gasteiger partial charge in [-0.1, -0.05) is 11.8 Å². The lowest BCUT2D eigenvalue weighted by atomic mass is 10.3. The zero-order valence-electron chi connectivity index (χ0n) is 7.52. The van der Waals surface area contributed by atoms with Gasteiger partial charge in [0.1, 0.15) is 12.6 Å². The smallest absolute Gasteiger partial charge is 0.327 e. The minimum absolute atomic E-state index is 0.0890. The van der Waals surface area contributed by atoms with Crippen molar-refractivity contribution in [2.45, 2.75) is 13.0 Å². The fraction of sp³-hybridized carbons (Fsp3) is 0.571. The van der Waals surface area contributed by atoms with E-state index in [-0.39, 0.29) is 5.75 Å². The second-order valence-corrected chi connectivity index (χ2v) is 3.51. The summed E-state index contributed by atoms with van der Waals surface area (Å²) in [5, 5.41) is 18.6. The molecule has 0 bridgehead atoms. The van der Waals surface area contributed by atoms with Crippen molar-refractivity contribution < 1.29 is 24.6 Å².